The summed E-state index contributed by atoms with van der Waals surface area (Å²) < 4.78 is 32.8. The first-order valence-corrected chi connectivity index (χ1v) is 8.49. The van der Waals surface area contributed by atoms with Crippen LogP contribution >= 0.6 is 0 Å². The highest BCUT2D eigenvalue weighted by atomic mass is 19.1. The average Bonchev–Trinajstić information content (AvgIpc) is 2.66. The van der Waals surface area contributed by atoms with Crippen LogP contribution in [0.5, 0.6) is 5.75 Å². The van der Waals surface area contributed by atoms with E-state index < -0.39 is 12.6 Å². The molecule has 27 heavy (non-hydrogen) atoms. The fourth-order valence-electron chi connectivity index (χ4n) is 2.83. The van der Waals surface area contributed by atoms with Crippen LogP contribution in [0, 0.1) is 11.6 Å². The van der Waals surface area contributed by atoms with Crippen LogP contribution in [0.3, 0.4) is 0 Å². The molecule has 5 heteroatoms. The standard InChI is InChI=1S/C22H18F2O3/c23-19-5-2-4-16(13-19)17-9-10-21(24)18(12-17)8-7-15-3-1-6-20(11-15)27-14-22(25)26/h1-6,9-13H,7-8,14H2,(H,25,26). The van der Waals surface area contributed by atoms with Crippen LogP contribution in [0.1, 0.15) is 11.1 Å². The van der Waals surface area contributed by atoms with Crippen molar-refractivity contribution < 1.29 is 23.4 Å². The Bertz CT molecular complexity index is 954. The molecule has 3 nitrogen and oxygen atoms in total. The number of carbonyl (C=O) groups is 1. The van der Waals surface area contributed by atoms with Gasteiger partial charge in [-0.15, -0.1) is 0 Å². The van der Waals surface area contributed by atoms with Crippen molar-refractivity contribution in [1.29, 1.82) is 0 Å². The molecule has 0 atom stereocenters. The quantitative estimate of drug-likeness (QED) is 0.646. The molecule has 0 aliphatic carbocycles. The topological polar surface area (TPSA) is 46.5 Å². The number of benzene rings is 3. The summed E-state index contributed by atoms with van der Waals surface area (Å²) >= 11 is 0. The maximum absolute atomic E-state index is 14.2. The van der Waals surface area contributed by atoms with Crippen LogP contribution in [-0.4, -0.2) is 17.7 Å². The Kier molecular flexibility index (Phi) is 5.81. The average molecular weight is 368 g/mol. The molecule has 0 aliphatic rings. The van der Waals surface area contributed by atoms with Gasteiger partial charge in [-0.25, -0.2) is 13.6 Å². The Labute approximate surface area is 155 Å². The zero-order chi connectivity index (χ0) is 19.2. The molecule has 0 spiro atoms. The van der Waals surface area contributed by atoms with Crippen molar-refractivity contribution in [3.05, 3.63) is 89.5 Å². The first-order valence-electron chi connectivity index (χ1n) is 8.49. The Balaban J connectivity index is 1.73. The van der Waals surface area contributed by atoms with Gasteiger partial charge in [0.05, 0.1) is 0 Å². The third-order valence-corrected chi connectivity index (χ3v) is 4.15. The van der Waals surface area contributed by atoms with Crippen molar-refractivity contribution in [3.8, 4) is 16.9 Å². The van der Waals surface area contributed by atoms with Crippen molar-refractivity contribution in [2.75, 3.05) is 6.61 Å². The van der Waals surface area contributed by atoms with Crippen LogP contribution in [0.25, 0.3) is 11.1 Å². The lowest BCUT2D eigenvalue weighted by atomic mass is 9.98. The van der Waals surface area contributed by atoms with Gasteiger partial charge in [0.2, 0.25) is 0 Å². The largest absolute Gasteiger partial charge is 0.482 e. The van der Waals surface area contributed by atoms with E-state index in [4.69, 9.17) is 9.84 Å². The minimum Gasteiger partial charge on any atom is -0.482 e. The molecule has 0 bridgehead atoms. The predicted octanol–water partition coefficient (Wildman–Crippen LogP) is 4.88. The van der Waals surface area contributed by atoms with E-state index in [2.05, 4.69) is 0 Å². The van der Waals surface area contributed by atoms with Crippen molar-refractivity contribution >= 4 is 5.97 Å². The van der Waals surface area contributed by atoms with E-state index >= 15 is 0 Å². The van der Waals surface area contributed by atoms with E-state index in [1.807, 2.05) is 6.07 Å². The summed E-state index contributed by atoms with van der Waals surface area (Å²) in [5, 5.41) is 8.67. The number of ether oxygens (including phenoxy) is 1. The highest BCUT2D eigenvalue weighted by Gasteiger charge is 2.08. The SMILES string of the molecule is O=C(O)COc1cccc(CCc2cc(-c3cccc(F)c3)ccc2F)c1. The lowest BCUT2D eigenvalue weighted by Gasteiger charge is -2.09. The third kappa shape index (κ3) is 5.14. The van der Waals surface area contributed by atoms with Crippen LogP contribution in [0.2, 0.25) is 0 Å². The summed E-state index contributed by atoms with van der Waals surface area (Å²) in [5.41, 5.74) is 2.90. The Hall–Kier alpha value is -3.21. The maximum atomic E-state index is 14.2. The van der Waals surface area contributed by atoms with E-state index in [1.54, 1.807) is 42.5 Å². The summed E-state index contributed by atoms with van der Waals surface area (Å²) in [6.45, 7) is -0.409. The van der Waals surface area contributed by atoms with E-state index in [1.165, 1.54) is 18.2 Å². The van der Waals surface area contributed by atoms with Gasteiger partial charge in [0.1, 0.15) is 17.4 Å². The Morgan fingerprint density at radius 1 is 0.889 bits per heavy atom. The fraction of sp³-hybridized carbons (Fsp3) is 0.136. The number of carboxylic acids is 1. The molecule has 3 aromatic rings. The van der Waals surface area contributed by atoms with Crippen LogP contribution in [0.15, 0.2) is 66.7 Å². The predicted molar refractivity (Wildman–Crippen MR) is 98.8 cm³/mol. The zero-order valence-electron chi connectivity index (χ0n) is 14.5. The van der Waals surface area contributed by atoms with Gasteiger partial charge in [0.25, 0.3) is 0 Å². The monoisotopic (exact) mass is 368 g/mol. The van der Waals surface area contributed by atoms with Crippen LogP contribution in [0.4, 0.5) is 8.78 Å². The highest BCUT2D eigenvalue weighted by Crippen LogP contribution is 2.24. The molecule has 3 aromatic carbocycles. The van der Waals surface area contributed by atoms with Gasteiger partial charge in [-0.3, -0.25) is 0 Å². The number of aryl methyl sites for hydroxylation is 2. The van der Waals surface area contributed by atoms with Gasteiger partial charge in [-0.2, -0.15) is 0 Å². The van der Waals surface area contributed by atoms with Gasteiger partial charge in [-0.1, -0.05) is 30.3 Å². The molecular formula is C22H18F2O3. The summed E-state index contributed by atoms with van der Waals surface area (Å²) in [5.74, 6) is -1.23. The van der Waals surface area contributed by atoms with Crippen molar-refractivity contribution in [2.45, 2.75) is 12.8 Å². The normalized spacial score (nSPS) is 10.6. The minimum atomic E-state index is -1.04. The van der Waals surface area contributed by atoms with E-state index in [0.29, 0.717) is 29.7 Å². The molecule has 0 unspecified atom stereocenters. The fourth-order valence-corrected chi connectivity index (χ4v) is 2.83. The maximum Gasteiger partial charge on any atom is 0.341 e. The molecule has 0 aliphatic heterocycles. The molecule has 0 saturated carbocycles. The summed E-state index contributed by atoms with van der Waals surface area (Å²) in [6, 6.07) is 18.0. The van der Waals surface area contributed by atoms with Gasteiger partial charge >= 0.3 is 5.97 Å². The molecule has 0 saturated heterocycles. The lowest BCUT2D eigenvalue weighted by molar-refractivity contribution is -0.139. The summed E-state index contributed by atoms with van der Waals surface area (Å²) in [4.78, 5) is 10.6. The molecule has 0 heterocycles. The van der Waals surface area contributed by atoms with Crippen molar-refractivity contribution in [3.63, 3.8) is 0 Å². The molecule has 3 rings (SSSR count). The second kappa shape index (κ2) is 8.45. The second-order valence-electron chi connectivity index (χ2n) is 6.15. The number of carboxylic acid groups (broad SMARTS) is 1. The van der Waals surface area contributed by atoms with E-state index in [0.717, 1.165) is 11.1 Å². The number of halogens is 2. The van der Waals surface area contributed by atoms with E-state index in [9.17, 15) is 13.6 Å². The van der Waals surface area contributed by atoms with E-state index in [-0.39, 0.29) is 11.6 Å². The van der Waals surface area contributed by atoms with Gasteiger partial charge < -0.3 is 9.84 Å². The number of aliphatic carboxylic acids is 1. The third-order valence-electron chi connectivity index (χ3n) is 4.15. The second-order valence-corrected chi connectivity index (χ2v) is 6.15. The molecule has 1 N–H and O–H groups in total. The summed E-state index contributed by atoms with van der Waals surface area (Å²) in [7, 11) is 0. The van der Waals surface area contributed by atoms with Crippen molar-refractivity contribution in [2.24, 2.45) is 0 Å². The number of hydrogen-bond acceptors (Lipinski definition) is 2. The molecule has 0 radical (unpaired) electrons. The van der Waals surface area contributed by atoms with Crippen LogP contribution < -0.4 is 4.74 Å². The van der Waals surface area contributed by atoms with Gasteiger partial charge in [0, 0.05) is 0 Å². The molecule has 138 valence electrons. The Morgan fingerprint density at radius 2 is 1.67 bits per heavy atom. The summed E-state index contributed by atoms with van der Waals surface area (Å²) in [6.07, 6.45) is 1.02. The van der Waals surface area contributed by atoms with Crippen LogP contribution in [-0.2, 0) is 17.6 Å². The molecule has 0 aromatic heterocycles. The Morgan fingerprint density at radius 3 is 2.44 bits per heavy atom. The number of hydrogen-bond donors (Lipinski definition) is 1. The van der Waals surface area contributed by atoms with Gasteiger partial charge in [-0.05, 0) is 71.5 Å². The smallest absolute Gasteiger partial charge is 0.341 e. The molecule has 0 fully saturated rings. The zero-order valence-corrected chi connectivity index (χ0v) is 14.5. The van der Waals surface area contributed by atoms with Crippen molar-refractivity contribution in [1.82, 2.24) is 0 Å². The minimum absolute atomic E-state index is 0.312. The lowest BCUT2D eigenvalue weighted by Crippen LogP contribution is -2.09. The highest BCUT2D eigenvalue weighted by molar-refractivity contribution is 5.68. The first kappa shape index (κ1) is 18.6. The number of rotatable bonds is 7. The van der Waals surface area contributed by atoms with Gasteiger partial charge in [0.15, 0.2) is 6.61 Å². The first-order chi connectivity index (χ1) is 13.0. The molecular weight excluding hydrogens is 350 g/mol. The molecule has 0 amide bonds.